The summed E-state index contributed by atoms with van der Waals surface area (Å²) in [4.78, 5) is 0. The molecular weight excluding hydrogens is 126 g/mol. The second-order valence-electron chi connectivity index (χ2n) is 3.56. The van der Waals surface area contributed by atoms with Gasteiger partial charge in [0, 0.05) is 6.61 Å². The number of aliphatic hydroxyl groups excluding tert-OH is 1. The van der Waals surface area contributed by atoms with Gasteiger partial charge in [-0.3, -0.25) is 0 Å². The van der Waals surface area contributed by atoms with E-state index >= 15 is 0 Å². The maximum atomic E-state index is 8.63. The van der Waals surface area contributed by atoms with Crippen molar-refractivity contribution in [3.8, 4) is 6.07 Å². The molecule has 1 atom stereocenters. The Labute approximate surface area is 62.5 Å². The van der Waals surface area contributed by atoms with E-state index in [-0.39, 0.29) is 17.9 Å². The average molecular weight is 141 g/mol. The summed E-state index contributed by atoms with van der Waals surface area (Å²) in [5, 5.41) is 17.2. The SMILES string of the molecule is CC(C)(C)C(C#N)CCO. The van der Waals surface area contributed by atoms with Gasteiger partial charge in [-0.2, -0.15) is 5.26 Å². The molecule has 58 valence electrons. The number of rotatable bonds is 2. The molecule has 0 saturated heterocycles. The van der Waals surface area contributed by atoms with Crippen LogP contribution in [0.1, 0.15) is 27.2 Å². The van der Waals surface area contributed by atoms with Gasteiger partial charge in [0.25, 0.3) is 0 Å². The molecular formula is C8H15NO. The fourth-order valence-corrected chi connectivity index (χ4v) is 0.820. The number of aliphatic hydroxyl groups is 1. The zero-order valence-corrected chi connectivity index (χ0v) is 6.89. The van der Waals surface area contributed by atoms with Crippen LogP contribution >= 0.6 is 0 Å². The van der Waals surface area contributed by atoms with Gasteiger partial charge in [0.2, 0.25) is 0 Å². The summed E-state index contributed by atoms with van der Waals surface area (Å²) in [5.74, 6) is -0.0301. The third kappa shape index (κ3) is 2.84. The van der Waals surface area contributed by atoms with Crippen molar-refractivity contribution in [1.82, 2.24) is 0 Å². The number of nitriles is 1. The van der Waals surface area contributed by atoms with Gasteiger partial charge in [-0.1, -0.05) is 20.8 Å². The van der Waals surface area contributed by atoms with Gasteiger partial charge in [-0.05, 0) is 11.8 Å². The third-order valence-electron chi connectivity index (χ3n) is 1.62. The summed E-state index contributed by atoms with van der Waals surface area (Å²) < 4.78 is 0. The van der Waals surface area contributed by atoms with Gasteiger partial charge in [0.1, 0.15) is 0 Å². The molecule has 0 aliphatic carbocycles. The maximum absolute atomic E-state index is 8.63. The zero-order chi connectivity index (χ0) is 8.20. The van der Waals surface area contributed by atoms with Gasteiger partial charge < -0.3 is 5.11 Å². The lowest BCUT2D eigenvalue weighted by molar-refractivity contribution is 0.212. The van der Waals surface area contributed by atoms with Gasteiger partial charge in [-0.15, -0.1) is 0 Å². The smallest absolute Gasteiger partial charge is 0.0662 e. The molecule has 0 amide bonds. The summed E-state index contributed by atoms with van der Waals surface area (Å²) in [6.45, 7) is 6.14. The summed E-state index contributed by atoms with van der Waals surface area (Å²) in [6.07, 6.45) is 0.583. The molecule has 0 radical (unpaired) electrons. The Bertz CT molecular complexity index is 129. The van der Waals surface area contributed by atoms with Gasteiger partial charge in [0.05, 0.1) is 12.0 Å². The molecule has 0 spiro atoms. The Kier molecular flexibility index (Phi) is 3.38. The molecule has 0 fully saturated rings. The molecule has 0 heterocycles. The van der Waals surface area contributed by atoms with Crippen molar-refractivity contribution in [3.63, 3.8) is 0 Å². The van der Waals surface area contributed by atoms with E-state index in [0.717, 1.165) is 0 Å². The highest BCUT2D eigenvalue weighted by atomic mass is 16.3. The molecule has 0 bridgehead atoms. The highest BCUT2D eigenvalue weighted by Gasteiger charge is 2.23. The Balaban J connectivity index is 3.98. The molecule has 0 aliphatic heterocycles. The maximum Gasteiger partial charge on any atom is 0.0662 e. The molecule has 0 saturated carbocycles. The molecule has 0 aromatic carbocycles. The van der Waals surface area contributed by atoms with E-state index in [1.54, 1.807) is 0 Å². The van der Waals surface area contributed by atoms with Crippen LogP contribution in [0.15, 0.2) is 0 Å². The zero-order valence-electron chi connectivity index (χ0n) is 6.89. The lowest BCUT2D eigenvalue weighted by Gasteiger charge is -2.23. The van der Waals surface area contributed by atoms with Crippen molar-refractivity contribution in [1.29, 1.82) is 5.26 Å². The largest absolute Gasteiger partial charge is 0.396 e. The molecule has 2 heteroatoms. The molecule has 0 aromatic heterocycles. The first-order chi connectivity index (χ1) is 4.52. The minimum absolute atomic E-state index is 0.00250. The summed E-state index contributed by atoms with van der Waals surface area (Å²) in [7, 11) is 0. The normalized spacial score (nSPS) is 14.3. The van der Waals surface area contributed by atoms with Gasteiger partial charge >= 0.3 is 0 Å². The van der Waals surface area contributed by atoms with Crippen molar-refractivity contribution in [2.75, 3.05) is 6.61 Å². The second kappa shape index (κ2) is 3.58. The molecule has 0 aliphatic rings. The standard InChI is InChI=1S/C8H15NO/c1-8(2,3)7(6-9)4-5-10/h7,10H,4-5H2,1-3H3. The van der Waals surface area contributed by atoms with E-state index < -0.39 is 0 Å². The van der Waals surface area contributed by atoms with Gasteiger partial charge in [0.15, 0.2) is 0 Å². The van der Waals surface area contributed by atoms with E-state index in [9.17, 15) is 0 Å². The Morgan fingerprint density at radius 2 is 2.00 bits per heavy atom. The molecule has 0 rings (SSSR count). The predicted molar refractivity (Wildman–Crippen MR) is 40.3 cm³/mol. The fourth-order valence-electron chi connectivity index (χ4n) is 0.820. The van der Waals surface area contributed by atoms with Crippen LogP contribution in [0, 0.1) is 22.7 Å². The minimum atomic E-state index is -0.0301. The quantitative estimate of drug-likeness (QED) is 0.634. The Morgan fingerprint density at radius 1 is 1.50 bits per heavy atom. The summed E-state index contributed by atoms with van der Waals surface area (Å²) in [5.41, 5.74) is -0.00250. The fraction of sp³-hybridized carbons (Fsp3) is 0.875. The van der Waals surface area contributed by atoms with Crippen LogP contribution in [0.4, 0.5) is 0 Å². The van der Waals surface area contributed by atoms with Crippen LogP contribution in [0.2, 0.25) is 0 Å². The lowest BCUT2D eigenvalue weighted by Crippen LogP contribution is -2.19. The van der Waals surface area contributed by atoms with Crippen LogP contribution in [0.25, 0.3) is 0 Å². The lowest BCUT2D eigenvalue weighted by atomic mass is 9.80. The van der Waals surface area contributed by atoms with E-state index in [1.807, 2.05) is 20.8 Å². The van der Waals surface area contributed by atoms with Gasteiger partial charge in [-0.25, -0.2) is 0 Å². The van der Waals surface area contributed by atoms with Crippen LogP contribution in [0.5, 0.6) is 0 Å². The van der Waals surface area contributed by atoms with Crippen LogP contribution in [-0.2, 0) is 0 Å². The molecule has 10 heavy (non-hydrogen) atoms. The van der Waals surface area contributed by atoms with Crippen molar-refractivity contribution < 1.29 is 5.11 Å². The predicted octanol–water partition coefficient (Wildman–Crippen LogP) is 1.55. The molecule has 2 nitrogen and oxygen atoms in total. The van der Waals surface area contributed by atoms with E-state index in [2.05, 4.69) is 6.07 Å². The minimum Gasteiger partial charge on any atom is -0.396 e. The third-order valence-corrected chi connectivity index (χ3v) is 1.62. The van der Waals surface area contributed by atoms with Crippen LogP contribution in [-0.4, -0.2) is 11.7 Å². The van der Waals surface area contributed by atoms with Crippen LogP contribution in [0.3, 0.4) is 0 Å². The van der Waals surface area contributed by atoms with Crippen LogP contribution < -0.4 is 0 Å². The number of hydrogen-bond acceptors (Lipinski definition) is 2. The molecule has 1 N–H and O–H groups in total. The number of nitrogens with zero attached hydrogens (tertiary/aromatic N) is 1. The molecule has 1 unspecified atom stereocenters. The van der Waals surface area contributed by atoms with E-state index in [1.165, 1.54) is 0 Å². The van der Waals surface area contributed by atoms with Crippen molar-refractivity contribution >= 4 is 0 Å². The van der Waals surface area contributed by atoms with Crippen molar-refractivity contribution in [2.45, 2.75) is 27.2 Å². The van der Waals surface area contributed by atoms with E-state index in [4.69, 9.17) is 10.4 Å². The second-order valence-corrected chi connectivity index (χ2v) is 3.56. The summed E-state index contributed by atoms with van der Waals surface area (Å²) >= 11 is 0. The van der Waals surface area contributed by atoms with Crippen molar-refractivity contribution in [3.05, 3.63) is 0 Å². The highest BCUT2D eigenvalue weighted by molar-refractivity contribution is 4.90. The average Bonchev–Trinajstić information content (AvgIpc) is 1.80. The monoisotopic (exact) mass is 141 g/mol. The topological polar surface area (TPSA) is 44.0 Å². The first-order valence-corrected chi connectivity index (χ1v) is 3.53. The van der Waals surface area contributed by atoms with E-state index in [0.29, 0.717) is 6.42 Å². The van der Waals surface area contributed by atoms with Crippen molar-refractivity contribution in [2.24, 2.45) is 11.3 Å². The summed E-state index contributed by atoms with van der Waals surface area (Å²) in [6, 6.07) is 2.18. The molecule has 0 aromatic rings. The Morgan fingerprint density at radius 3 is 2.10 bits per heavy atom. The number of hydrogen-bond donors (Lipinski definition) is 1. The first kappa shape index (κ1) is 9.45. The first-order valence-electron chi connectivity index (χ1n) is 3.53. The Hall–Kier alpha value is -0.550. The highest BCUT2D eigenvalue weighted by Crippen LogP contribution is 2.27.